The topological polar surface area (TPSA) is 78.9 Å². The van der Waals surface area contributed by atoms with Gasteiger partial charge in [-0.1, -0.05) is 23.8 Å². The van der Waals surface area contributed by atoms with Gasteiger partial charge in [0.2, 0.25) is 0 Å². The van der Waals surface area contributed by atoms with Crippen molar-refractivity contribution in [3.63, 3.8) is 0 Å². The maximum absolute atomic E-state index is 13.3. The van der Waals surface area contributed by atoms with E-state index in [1.807, 2.05) is 26.0 Å². The summed E-state index contributed by atoms with van der Waals surface area (Å²) in [6, 6.07) is 10.1. The average Bonchev–Trinajstić information content (AvgIpc) is 2.96. The molecule has 2 atom stereocenters. The number of carbonyl (C=O) groups is 1. The first-order valence-corrected chi connectivity index (χ1v) is 10.8. The van der Waals surface area contributed by atoms with Crippen molar-refractivity contribution in [2.24, 2.45) is 0 Å². The highest BCUT2D eigenvalue weighted by Gasteiger charge is 2.49. The Hall–Kier alpha value is -2.38. The summed E-state index contributed by atoms with van der Waals surface area (Å²) in [7, 11) is -0.974. The Labute approximate surface area is 171 Å². The number of Topliss-reactive ketones (excluding diaryl/α,β-unsaturated/α-hetero) is 1. The summed E-state index contributed by atoms with van der Waals surface area (Å²) in [4.78, 5) is 13.3. The van der Waals surface area contributed by atoms with E-state index in [4.69, 9.17) is 13.7 Å². The number of carbonyl (C=O) groups excluding carboxylic acids is 1. The van der Waals surface area contributed by atoms with Gasteiger partial charge in [0.05, 0.1) is 24.5 Å². The molecule has 0 aliphatic heterocycles. The van der Waals surface area contributed by atoms with Gasteiger partial charge in [0.25, 0.3) is 10.1 Å². The zero-order chi connectivity index (χ0) is 21.4. The van der Waals surface area contributed by atoms with Crippen LogP contribution in [0.15, 0.2) is 41.3 Å². The molecule has 0 heterocycles. The van der Waals surface area contributed by atoms with Crippen molar-refractivity contribution >= 4 is 15.9 Å². The van der Waals surface area contributed by atoms with Gasteiger partial charge in [-0.3, -0.25) is 8.98 Å². The van der Waals surface area contributed by atoms with Crippen LogP contribution >= 0.6 is 0 Å². The Kier molecular flexibility index (Phi) is 5.74. The molecular weight excluding hydrogens is 392 g/mol. The smallest absolute Gasteiger partial charge is 0.297 e. The molecule has 2 aromatic carbocycles. The van der Waals surface area contributed by atoms with Gasteiger partial charge in [0.1, 0.15) is 6.10 Å². The van der Waals surface area contributed by atoms with Crippen LogP contribution in [0.2, 0.25) is 0 Å². The number of rotatable bonds is 6. The molecule has 0 unspecified atom stereocenters. The molecule has 1 saturated carbocycles. The molecule has 156 valence electrons. The van der Waals surface area contributed by atoms with E-state index in [-0.39, 0.29) is 10.7 Å². The number of ether oxygens (including phenoxy) is 2. The van der Waals surface area contributed by atoms with Crippen molar-refractivity contribution in [3.05, 3.63) is 53.1 Å². The lowest BCUT2D eigenvalue weighted by atomic mass is 9.78. The lowest BCUT2D eigenvalue weighted by Crippen LogP contribution is -2.34. The molecule has 3 rings (SSSR count). The highest BCUT2D eigenvalue weighted by molar-refractivity contribution is 7.86. The van der Waals surface area contributed by atoms with Crippen LogP contribution in [-0.4, -0.2) is 34.5 Å². The van der Waals surface area contributed by atoms with E-state index in [2.05, 4.69) is 0 Å². The molecule has 1 aliphatic rings. The van der Waals surface area contributed by atoms with Gasteiger partial charge in [-0.05, 0) is 57.4 Å². The van der Waals surface area contributed by atoms with Gasteiger partial charge in [0, 0.05) is 5.56 Å². The van der Waals surface area contributed by atoms with E-state index in [0.29, 0.717) is 29.9 Å². The molecule has 29 heavy (non-hydrogen) atoms. The van der Waals surface area contributed by atoms with Crippen molar-refractivity contribution in [2.45, 2.75) is 50.0 Å². The SMILES string of the molecule is COc1cc(C)cc([C@@]2(C)CC[C@@H](OS(=O)(=O)c3ccc(C)cc3)C2=O)c1OC. The minimum atomic E-state index is -4.04. The Morgan fingerprint density at radius 1 is 1.00 bits per heavy atom. The van der Waals surface area contributed by atoms with Gasteiger partial charge in [-0.2, -0.15) is 8.42 Å². The second-order valence-electron chi connectivity index (χ2n) is 7.64. The molecule has 0 bridgehead atoms. The molecule has 7 heteroatoms. The van der Waals surface area contributed by atoms with E-state index in [9.17, 15) is 13.2 Å². The monoisotopic (exact) mass is 418 g/mol. The first kappa shape index (κ1) is 21.3. The Bertz CT molecular complexity index is 1030. The van der Waals surface area contributed by atoms with Crippen LogP contribution in [-0.2, 0) is 24.5 Å². The summed E-state index contributed by atoms with van der Waals surface area (Å²) >= 11 is 0. The van der Waals surface area contributed by atoms with Gasteiger partial charge in [0.15, 0.2) is 17.3 Å². The maximum Gasteiger partial charge on any atom is 0.297 e. The lowest BCUT2D eigenvalue weighted by molar-refractivity contribution is -0.127. The summed E-state index contributed by atoms with van der Waals surface area (Å²) < 4.78 is 41.6. The Morgan fingerprint density at radius 2 is 1.66 bits per heavy atom. The second-order valence-corrected chi connectivity index (χ2v) is 9.21. The molecule has 0 aromatic heterocycles. The third-order valence-corrected chi connectivity index (χ3v) is 6.85. The zero-order valence-electron chi connectivity index (χ0n) is 17.3. The predicted molar refractivity (Wildman–Crippen MR) is 109 cm³/mol. The largest absolute Gasteiger partial charge is 0.493 e. The average molecular weight is 419 g/mol. The summed E-state index contributed by atoms with van der Waals surface area (Å²) in [5.74, 6) is 0.739. The quantitative estimate of drug-likeness (QED) is 0.666. The van der Waals surface area contributed by atoms with E-state index in [1.165, 1.54) is 19.2 Å². The van der Waals surface area contributed by atoms with Gasteiger partial charge in [-0.25, -0.2) is 0 Å². The van der Waals surface area contributed by atoms with E-state index in [0.717, 1.165) is 11.1 Å². The molecule has 0 amide bonds. The van der Waals surface area contributed by atoms with Crippen LogP contribution in [0.1, 0.15) is 36.5 Å². The lowest BCUT2D eigenvalue weighted by Gasteiger charge is -2.27. The number of hydrogen-bond acceptors (Lipinski definition) is 6. The van der Waals surface area contributed by atoms with Gasteiger partial charge >= 0.3 is 0 Å². The maximum atomic E-state index is 13.3. The second kappa shape index (κ2) is 7.80. The predicted octanol–water partition coefficient (Wildman–Crippen LogP) is 3.72. The molecule has 2 aromatic rings. The van der Waals surface area contributed by atoms with Crippen LogP contribution in [0.3, 0.4) is 0 Å². The minimum absolute atomic E-state index is 0.0410. The molecule has 0 spiro atoms. The van der Waals surface area contributed by atoms with Gasteiger partial charge in [-0.15, -0.1) is 0 Å². The van der Waals surface area contributed by atoms with Crippen molar-refractivity contribution in [3.8, 4) is 11.5 Å². The molecule has 1 aliphatic carbocycles. The fraction of sp³-hybridized carbons (Fsp3) is 0.409. The number of ketones is 1. The minimum Gasteiger partial charge on any atom is -0.493 e. The fourth-order valence-electron chi connectivity index (χ4n) is 3.81. The van der Waals surface area contributed by atoms with Crippen molar-refractivity contribution in [2.75, 3.05) is 14.2 Å². The Morgan fingerprint density at radius 3 is 2.24 bits per heavy atom. The zero-order valence-corrected chi connectivity index (χ0v) is 18.1. The number of aryl methyl sites for hydroxylation is 2. The van der Waals surface area contributed by atoms with Crippen LogP contribution in [0.25, 0.3) is 0 Å². The first-order chi connectivity index (χ1) is 13.6. The van der Waals surface area contributed by atoms with Crippen molar-refractivity contribution in [1.29, 1.82) is 0 Å². The Balaban J connectivity index is 1.93. The third kappa shape index (κ3) is 3.89. The van der Waals surface area contributed by atoms with Crippen LogP contribution in [0.5, 0.6) is 11.5 Å². The van der Waals surface area contributed by atoms with Crippen molar-refractivity contribution in [1.82, 2.24) is 0 Å². The summed E-state index contributed by atoms with van der Waals surface area (Å²) in [5, 5.41) is 0. The van der Waals surface area contributed by atoms with E-state index < -0.39 is 21.6 Å². The molecule has 1 fully saturated rings. The summed E-state index contributed by atoms with van der Waals surface area (Å²) in [6.45, 7) is 5.57. The number of hydrogen-bond donors (Lipinski definition) is 0. The molecule has 0 saturated heterocycles. The number of benzene rings is 2. The third-order valence-electron chi connectivity index (χ3n) is 5.51. The van der Waals surface area contributed by atoms with E-state index in [1.54, 1.807) is 26.2 Å². The van der Waals surface area contributed by atoms with Crippen LogP contribution in [0, 0.1) is 13.8 Å². The van der Waals surface area contributed by atoms with Crippen LogP contribution < -0.4 is 9.47 Å². The highest BCUT2D eigenvalue weighted by Crippen LogP contribution is 2.47. The highest BCUT2D eigenvalue weighted by atomic mass is 32.2. The fourth-order valence-corrected chi connectivity index (χ4v) is 4.88. The van der Waals surface area contributed by atoms with E-state index >= 15 is 0 Å². The molecule has 0 N–H and O–H groups in total. The summed E-state index contributed by atoms with van der Waals surface area (Å²) in [6.07, 6.45) is -0.287. The first-order valence-electron chi connectivity index (χ1n) is 9.40. The normalized spacial score (nSPS) is 22.0. The standard InChI is InChI=1S/C22H26O6S/c1-14-6-8-16(9-7-14)29(24,25)28-18-10-11-22(3,21(18)23)17-12-15(2)13-19(26-4)20(17)27-5/h6-9,12-13,18H,10-11H2,1-5H3/t18-,22-/m1/s1. The molecule has 6 nitrogen and oxygen atoms in total. The molecular formula is C22H26O6S. The van der Waals surface area contributed by atoms with Crippen LogP contribution in [0.4, 0.5) is 0 Å². The number of methoxy groups -OCH3 is 2. The molecule has 0 radical (unpaired) electrons. The summed E-state index contributed by atoms with van der Waals surface area (Å²) in [5.41, 5.74) is 1.61. The van der Waals surface area contributed by atoms with Crippen molar-refractivity contribution < 1.29 is 26.9 Å². The van der Waals surface area contributed by atoms with Gasteiger partial charge < -0.3 is 9.47 Å².